The molecule has 1 aliphatic carbocycles. The maximum atomic E-state index is 3.80. The van der Waals surface area contributed by atoms with Crippen molar-refractivity contribution in [2.24, 2.45) is 17.3 Å². The first kappa shape index (κ1) is 13.7. The Morgan fingerprint density at radius 3 is 2.18 bits per heavy atom. The number of nitrogens with one attached hydrogen (secondary N) is 1. The van der Waals surface area contributed by atoms with Crippen molar-refractivity contribution in [2.45, 2.75) is 71.2 Å². The third-order valence-electron chi connectivity index (χ3n) is 4.72. The van der Waals surface area contributed by atoms with E-state index in [0.29, 0.717) is 5.41 Å². The van der Waals surface area contributed by atoms with Crippen LogP contribution >= 0.6 is 11.8 Å². The lowest BCUT2D eigenvalue weighted by atomic mass is 9.70. The molecule has 1 aliphatic heterocycles. The second kappa shape index (κ2) is 5.52. The summed E-state index contributed by atoms with van der Waals surface area (Å²) in [6, 6.07) is 0.738. The first-order valence-corrected chi connectivity index (χ1v) is 8.39. The summed E-state index contributed by atoms with van der Waals surface area (Å²) in [7, 11) is 0. The molecule has 1 heterocycles. The van der Waals surface area contributed by atoms with E-state index in [0.717, 1.165) is 23.3 Å². The Hall–Kier alpha value is 0.310. The molecule has 0 aromatic heterocycles. The molecule has 0 spiro atoms. The number of hydrogen-bond acceptors (Lipinski definition) is 2. The Morgan fingerprint density at radius 2 is 1.65 bits per heavy atom. The van der Waals surface area contributed by atoms with Crippen LogP contribution in [0, 0.1) is 17.3 Å². The molecule has 100 valence electrons. The van der Waals surface area contributed by atoms with Gasteiger partial charge >= 0.3 is 0 Å². The van der Waals surface area contributed by atoms with Gasteiger partial charge in [-0.05, 0) is 62.0 Å². The zero-order valence-corrected chi connectivity index (χ0v) is 12.8. The monoisotopic (exact) mass is 255 g/mol. The van der Waals surface area contributed by atoms with Gasteiger partial charge in [-0.15, -0.1) is 11.8 Å². The largest absolute Gasteiger partial charge is 0.303 e. The van der Waals surface area contributed by atoms with E-state index in [-0.39, 0.29) is 0 Å². The van der Waals surface area contributed by atoms with Gasteiger partial charge in [-0.2, -0.15) is 0 Å². The van der Waals surface area contributed by atoms with E-state index >= 15 is 0 Å². The molecule has 0 radical (unpaired) electrons. The van der Waals surface area contributed by atoms with Crippen LogP contribution in [-0.4, -0.2) is 17.2 Å². The second-order valence-electron chi connectivity index (χ2n) is 7.13. The molecule has 1 saturated heterocycles. The molecule has 2 unspecified atom stereocenters. The van der Waals surface area contributed by atoms with Crippen LogP contribution in [0.25, 0.3) is 0 Å². The first-order chi connectivity index (χ1) is 7.97. The van der Waals surface area contributed by atoms with Gasteiger partial charge in [0.2, 0.25) is 0 Å². The number of hydrogen-bond donors (Lipinski definition) is 1. The summed E-state index contributed by atoms with van der Waals surface area (Å²) in [4.78, 5) is 0. The molecule has 17 heavy (non-hydrogen) atoms. The summed E-state index contributed by atoms with van der Waals surface area (Å²) in [5.74, 6) is 3.24. The fraction of sp³-hybridized carbons (Fsp3) is 1.00. The van der Waals surface area contributed by atoms with Crippen LogP contribution in [0.4, 0.5) is 0 Å². The van der Waals surface area contributed by atoms with E-state index in [9.17, 15) is 0 Å². The Balaban J connectivity index is 1.82. The molecule has 2 atom stereocenters. The zero-order chi connectivity index (χ0) is 12.5. The number of thioether (sulfide) groups is 1. The predicted octanol–water partition coefficient (Wildman–Crippen LogP) is 4.28. The highest BCUT2D eigenvalue weighted by atomic mass is 32.2. The third kappa shape index (κ3) is 3.64. The van der Waals surface area contributed by atoms with Crippen LogP contribution in [0.15, 0.2) is 0 Å². The topological polar surface area (TPSA) is 12.0 Å². The van der Waals surface area contributed by atoms with Crippen LogP contribution in [0.5, 0.6) is 0 Å². The third-order valence-corrected chi connectivity index (χ3v) is 6.07. The standard InChI is InChI=1S/C15H29NS/c1-11-9-10-17-14(16-11)12-5-7-13(8-6-12)15(2,3)4/h11-14,16H,5-10H2,1-4H3. The molecule has 2 rings (SSSR count). The van der Waals surface area contributed by atoms with Crippen molar-refractivity contribution in [3.63, 3.8) is 0 Å². The van der Waals surface area contributed by atoms with Crippen LogP contribution in [0.3, 0.4) is 0 Å². The Morgan fingerprint density at radius 1 is 1.00 bits per heavy atom. The zero-order valence-electron chi connectivity index (χ0n) is 12.0. The molecular weight excluding hydrogens is 226 g/mol. The minimum atomic E-state index is 0.519. The van der Waals surface area contributed by atoms with Gasteiger partial charge in [0.15, 0.2) is 0 Å². The smallest absolute Gasteiger partial charge is 0.0562 e. The molecule has 0 amide bonds. The molecular formula is C15H29NS. The summed E-state index contributed by atoms with van der Waals surface area (Å²) in [5.41, 5.74) is 0.519. The van der Waals surface area contributed by atoms with Crippen molar-refractivity contribution in [3.8, 4) is 0 Å². The molecule has 2 fully saturated rings. The molecule has 0 bridgehead atoms. The highest BCUT2D eigenvalue weighted by Crippen LogP contribution is 2.42. The molecule has 1 saturated carbocycles. The summed E-state index contributed by atoms with van der Waals surface area (Å²) in [6.45, 7) is 9.57. The van der Waals surface area contributed by atoms with Gasteiger partial charge in [-0.3, -0.25) is 0 Å². The van der Waals surface area contributed by atoms with E-state index in [4.69, 9.17) is 0 Å². The molecule has 2 aliphatic rings. The second-order valence-corrected chi connectivity index (χ2v) is 8.37. The van der Waals surface area contributed by atoms with Gasteiger partial charge in [0.05, 0.1) is 5.37 Å². The van der Waals surface area contributed by atoms with Gasteiger partial charge in [0.25, 0.3) is 0 Å². The van der Waals surface area contributed by atoms with Gasteiger partial charge in [0, 0.05) is 6.04 Å². The normalized spacial score (nSPS) is 40.2. The predicted molar refractivity (Wildman–Crippen MR) is 78.4 cm³/mol. The van der Waals surface area contributed by atoms with Gasteiger partial charge in [-0.25, -0.2) is 0 Å². The van der Waals surface area contributed by atoms with Gasteiger partial charge in [0.1, 0.15) is 0 Å². The van der Waals surface area contributed by atoms with E-state index in [1.165, 1.54) is 37.9 Å². The fourth-order valence-electron chi connectivity index (χ4n) is 3.34. The lowest BCUT2D eigenvalue weighted by Crippen LogP contribution is -2.44. The number of rotatable bonds is 1. The van der Waals surface area contributed by atoms with Crippen LogP contribution in [0.2, 0.25) is 0 Å². The summed E-state index contributed by atoms with van der Waals surface area (Å²) in [5, 5.41) is 4.55. The molecule has 2 heteroatoms. The van der Waals surface area contributed by atoms with Crippen LogP contribution in [0.1, 0.15) is 59.8 Å². The maximum Gasteiger partial charge on any atom is 0.0562 e. The minimum absolute atomic E-state index is 0.519. The van der Waals surface area contributed by atoms with Crippen molar-refractivity contribution >= 4 is 11.8 Å². The van der Waals surface area contributed by atoms with E-state index in [1.807, 2.05) is 0 Å². The van der Waals surface area contributed by atoms with Gasteiger partial charge < -0.3 is 5.32 Å². The van der Waals surface area contributed by atoms with Crippen molar-refractivity contribution in [2.75, 3.05) is 5.75 Å². The van der Waals surface area contributed by atoms with Crippen LogP contribution in [-0.2, 0) is 0 Å². The summed E-state index contributed by atoms with van der Waals surface area (Å²) < 4.78 is 0. The highest BCUT2D eigenvalue weighted by Gasteiger charge is 2.34. The summed E-state index contributed by atoms with van der Waals surface area (Å²) >= 11 is 2.17. The quantitative estimate of drug-likeness (QED) is 0.750. The Kier molecular flexibility index (Phi) is 4.46. The van der Waals surface area contributed by atoms with Gasteiger partial charge in [-0.1, -0.05) is 20.8 Å². The Bertz CT molecular complexity index is 238. The van der Waals surface area contributed by atoms with Crippen LogP contribution < -0.4 is 5.32 Å². The SMILES string of the molecule is CC1CCSC(C2CCC(C(C)(C)C)CC2)N1. The maximum absolute atomic E-state index is 3.80. The lowest BCUT2D eigenvalue weighted by molar-refractivity contribution is 0.143. The van der Waals surface area contributed by atoms with Crippen molar-refractivity contribution < 1.29 is 0 Å². The van der Waals surface area contributed by atoms with E-state index in [2.05, 4.69) is 44.8 Å². The van der Waals surface area contributed by atoms with E-state index in [1.54, 1.807) is 0 Å². The Labute approximate surface area is 112 Å². The molecule has 1 nitrogen and oxygen atoms in total. The van der Waals surface area contributed by atoms with Crippen molar-refractivity contribution in [1.82, 2.24) is 5.32 Å². The first-order valence-electron chi connectivity index (χ1n) is 7.34. The molecule has 0 aromatic carbocycles. The summed E-state index contributed by atoms with van der Waals surface area (Å²) in [6.07, 6.45) is 7.12. The van der Waals surface area contributed by atoms with Crippen molar-refractivity contribution in [3.05, 3.63) is 0 Å². The average Bonchev–Trinajstić information content (AvgIpc) is 2.28. The lowest BCUT2D eigenvalue weighted by Gasteiger charge is -2.41. The average molecular weight is 255 g/mol. The highest BCUT2D eigenvalue weighted by molar-refractivity contribution is 7.99. The van der Waals surface area contributed by atoms with Crippen molar-refractivity contribution in [1.29, 1.82) is 0 Å². The molecule has 0 aromatic rings. The molecule has 1 N–H and O–H groups in total. The van der Waals surface area contributed by atoms with E-state index < -0.39 is 0 Å². The fourth-order valence-corrected chi connectivity index (χ4v) is 4.96. The minimum Gasteiger partial charge on any atom is -0.303 e.